The van der Waals surface area contributed by atoms with E-state index in [4.69, 9.17) is 0 Å². The summed E-state index contributed by atoms with van der Waals surface area (Å²) in [6, 6.07) is 9.84. The third-order valence-electron chi connectivity index (χ3n) is 8.63. The molecule has 0 fully saturated rings. The molecule has 2 aromatic carbocycles. The lowest BCUT2D eigenvalue weighted by Gasteiger charge is -2.56. The van der Waals surface area contributed by atoms with E-state index < -0.39 is 0 Å². The first-order valence-electron chi connectivity index (χ1n) is 10.1. The van der Waals surface area contributed by atoms with E-state index >= 15 is 0 Å². The summed E-state index contributed by atoms with van der Waals surface area (Å²) in [7, 11) is 0. The van der Waals surface area contributed by atoms with Crippen molar-refractivity contribution in [2.45, 2.75) is 90.9 Å². The first-order chi connectivity index (χ1) is 11.7. The number of rotatable bonds is 0. The molecule has 26 heavy (non-hydrogen) atoms. The van der Waals surface area contributed by atoms with Crippen molar-refractivity contribution in [3.05, 3.63) is 57.6 Å². The van der Waals surface area contributed by atoms with Crippen LogP contribution >= 0.6 is 0 Å². The van der Waals surface area contributed by atoms with Gasteiger partial charge in [-0.05, 0) is 68.9 Å². The second-order valence-corrected chi connectivity index (χ2v) is 11.0. The normalized spacial score (nSPS) is 22.7. The van der Waals surface area contributed by atoms with Gasteiger partial charge in [-0.3, -0.25) is 0 Å². The highest BCUT2D eigenvalue weighted by Crippen LogP contribution is 2.63. The van der Waals surface area contributed by atoms with E-state index in [1.54, 1.807) is 22.3 Å². The number of hydrogen-bond donors (Lipinski definition) is 0. The summed E-state index contributed by atoms with van der Waals surface area (Å²) in [4.78, 5) is 0. The Morgan fingerprint density at radius 3 is 0.808 bits per heavy atom. The monoisotopic (exact) mass is 346 g/mol. The van der Waals surface area contributed by atoms with E-state index in [0.29, 0.717) is 0 Å². The van der Waals surface area contributed by atoms with Crippen molar-refractivity contribution in [1.82, 2.24) is 0 Å². The molecule has 2 aliphatic carbocycles. The molecular formula is C26H34. The van der Waals surface area contributed by atoms with Crippen molar-refractivity contribution in [3.8, 4) is 11.1 Å². The molecule has 0 radical (unpaired) electrons. The van der Waals surface area contributed by atoms with Crippen LogP contribution in [-0.4, -0.2) is 0 Å². The minimum absolute atomic E-state index is 0.0960. The second-order valence-electron chi connectivity index (χ2n) is 11.0. The summed E-state index contributed by atoms with van der Waals surface area (Å²) < 4.78 is 0. The van der Waals surface area contributed by atoms with Gasteiger partial charge < -0.3 is 0 Å². The predicted octanol–water partition coefficient (Wildman–Crippen LogP) is 7.11. The van der Waals surface area contributed by atoms with Crippen molar-refractivity contribution < 1.29 is 0 Å². The molecule has 0 aliphatic heterocycles. The highest BCUT2D eigenvalue weighted by molar-refractivity contribution is 5.87. The molecule has 0 N–H and O–H groups in total. The van der Waals surface area contributed by atoms with Gasteiger partial charge in [-0.25, -0.2) is 0 Å². The molecule has 0 saturated carbocycles. The summed E-state index contributed by atoms with van der Waals surface area (Å²) in [6.45, 7) is 24.1. The van der Waals surface area contributed by atoms with Crippen molar-refractivity contribution >= 4 is 0 Å². The minimum Gasteiger partial charge on any atom is -0.0549 e. The van der Waals surface area contributed by atoms with Crippen LogP contribution in [0.15, 0.2) is 24.3 Å². The molecule has 0 heterocycles. The molecule has 0 aromatic heterocycles. The molecule has 0 bridgehead atoms. The molecule has 0 heteroatoms. The Morgan fingerprint density at radius 1 is 0.423 bits per heavy atom. The third kappa shape index (κ3) is 1.77. The summed E-state index contributed by atoms with van der Waals surface area (Å²) in [5, 5.41) is 0. The Labute approximate surface area is 160 Å². The first kappa shape index (κ1) is 17.8. The summed E-state index contributed by atoms with van der Waals surface area (Å²) >= 11 is 0. The van der Waals surface area contributed by atoms with Crippen LogP contribution in [0.25, 0.3) is 11.1 Å². The third-order valence-corrected chi connectivity index (χ3v) is 8.63. The summed E-state index contributed by atoms with van der Waals surface area (Å²) in [5.74, 6) is 0. The quantitative estimate of drug-likeness (QED) is 0.477. The van der Waals surface area contributed by atoms with Crippen molar-refractivity contribution in [1.29, 1.82) is 0 Å². The van der Waals surface area contributed by atoms with Crippen LogP contribution < -0.4 is 0 Å². The van der Waals surface area contributed by atoms with Gasteiger partial charge in [0.2, 0.25) is 0 Å². The molecule has 2 aromatic rings. The zero-order chi connectivity index (χ0) is 19.4. The highest BCUT2D eigenvalue weighted by Gasteiger charge is 2.54. The summed E-state index contributed by atoms with van der Waals surface area (Å²) in [6.07, 6.45) is 0. The van der Waals surface area contributed by atoms with Gasteiger partial charge in [-0.1, -0.05) is 90.8 Å². The Kier molecular flexibility index (Phi) is 3.18. The average molecular weight is 347 g/mol. The van der Waals surface area contributed by atoms with E-state index in [0.717, 1.165) is 0 Å². The lowest BCUT2D eigenvalue weighted by Crippen LogP contribution is -2.50. The van der Waals surface area contributed by atoms with E-state index in [9.17, 15) is 0 Å². The Hall–Kier alpha value is -1.56. The van der Waals surface area contributed by atoms with Crippen LogP contribution in [0.5, 0.6) is 0 Å². The fraction of sp³-hybridized carbons (Fsp3) is 0.538. The molecule has 0 atom stereocenters. The molecule has 0 saturated heterocycles. The van der Waals surface area contributed by atoms with Gasteiger partial charge in [0.1, 0.15) is 0 Å². The second kappa shape index (κ2) is 4.64. The van der Waals surface area contributed by atoms with Crippen LogP contribution in [0.1, 0.15) is 88.8 Å². The molecule has 0 amide bonds. The lowest BCUT2D eigenvalue weighted by atomic mass is 9.47. The largest absolute Gasteiger partial charge is 0.0549 e. The first-order valence-corrected chi connectivity index (χ1v) is 10.1. The Balaban J connectivity index is 2.31. The minimum atomic E-state index is 0.0960. The van der Waals surface area contributed by atoms with Gasteiger partial charge >= 0.3 is 0 Å². The predicted molar refractivity (Wildman–Crippen MR) is 113 cm³/mol. The van der Waals surface area contributed by atoms with Gasteiger partial charge in [-0.2, -0.15) is 0 Å². The van der Waals surface area contributed by atoms with Gasteiger partial charge in [0.05, 0.1) is 0 Å². The van der Waals surface area contributed by atoms with Crippen LogP contribution in [0.4, 0.5) is 0 Å². The van der Waals surface area contributed by atoms with Crippen LogP contribution in [-0.2, 0) is 21.7 Å². The number of hydrogen-bond acceptors (Lipinski definition) is 0. The van der Waals surface area contributed by atoms with Gasteiger partial charge in [0.15, 0.2) is 0 Å². The average Bonchev–Trinajstić information content (AvgIpc) is 2.51. The van der Waals surface area contributed by atoms with E-state index in [2.05, 4.69) is 93.5 Å². The maximum Gasteiger partial charge on any atom is -0.000547 e. The maximum atomic E-state index is 2.46. The fourth-order valence-corrected chi connectivity index (χ4v) is 5.43. The molecule has 0 nitrogen and oxygen atoms in total. The van der Waals surface area contributed by atoms with Crippen LogP contribution in [0.3, 0.4) is 0 Å². The zero-order valence-corrected chi connectivity index (χ0v) is 18.3. The lowest BCUT2D eigenvalue weighted by molar-refractivity contribution is 0.276. The number of aryl methyl sites for hydroxylation is 2. The Morgan fingerprint density at radius 2 is 0.615 bits per heavy atom. The van der Waals surface area contributed by atoms with Gasteiger partial charge in [-0.15, -0.1) is 0 Å². The molecule has 4 rings (SSSR count). The number of benzene rings is 2. The standard InChI is InChI=1S/C26H34/c1-15-11-17-21-18(12-15)24(5,6)26(9,10)20-14-16(2)13-19(22(20)21)25(7,8)23(17,3)4/h11-14H,1-10H3. The topological polar surface area (TPSA) is 0 Å². The SMILES string of the molecule is Cc1cc2c3c(c1)C(C)(C)C(C)(C)c1cc(C)cc(c1-3)C(C)(C)C2(C)C. The van der Waals surface area contributed by atoms with Crippen LogP contribution in [0.2, 0.25) is 0 Å². The smallest absolute Gasteiger partial charge is 0.000547 e. The highest BCUT2D eigenvalue weighted by atomic mass is 14.6. The van der Waals surface area contributed by atoms with E-state index in [1.807, 2.05) is 0 Å². The molecule has 138 valence electrons. The molecule has 0 spiro atoms. The molecule has 2 aliphatic rings. The van der Waals surface area contributed by atoms with Gasteiger partial charge in [0.25, 0.3) is 0 Å². The maximum absolute atomic E-state index is 2.46. The molecule has 0 unspecified atom stereocenters. The van der Waals surface area contributed by atoms with Crippen molar-refractivity contribution in [2.24, 2.45) is 0 Å². The molecular weight excluding hydrogens is 312 g/mol. The fourth-order valence-electron chi connectivity index (χ4n) is 5.43. The van der Waals surface area contributed by atoms with Crippen molar-refractivity contribution in [2.75, 3.05) is 0 Å². The zero-order valence-electron chi connectivity index (χ0n) is 18.3. The van der Waals surface area contributed by atoms with Gasteiger partial charge in [0, 0.05) is 0 Å². The summed E-state index contributed by atoms with van der Waals surface area (Å²) in [5.41, 5.74) is 12.4. The Bertz CT molecular complexity index is 798. The van der Waals surface area contributed by atoms with E-state index in [-0.39, 0.29) is 21.7 Å². The van der Waals surface area contributed by atoms with Crippen LogP contribution in [0, 0.1) is 13.8 Å². The van der Waals surface area contributed by atoms with E-state index in [1.165, 1.54) is 22.3 Å². The van der Waals surface area contributed by atoms with Crippen molar-refractivity contribution in [3.63, 3.8) is 0 Å².